The monoisotopic (exact) mass is 441 g/mol. The minimum Gasteiger partial charge on any atom is -0.444 e. The quantitative estimate of drug-likeness (QED) is 0.506. The first-order valence-corrected chi connectivity index (χ1v) is 11.8. The van der Waals surface area contributed by atoms with Gasteiger partial charge in [-0.15, -0.1) is 0 Å². The fraction of sp³-hybridized carbons (Fsp3) is 0.652. The summed E-state index contributed by atoms with van der Waals surface area (Å²) >= 11 is 0. The zero-order chi connectivity index (χ0) is 22.6. The van der Waals surface area contributed by atoms with Crippen molar-refractivity contribution in [1.29, 1.82) is 0 Å². The highest BCUT2D eigenvalue weighted by Crippen LogP contribution is 2.34. The Morgan fingerprint density at radius 3 is 2.50 bits per heavy atom. The number of H-pyrrole nitrogens is 1. The average Bonchev–Trinajstić information content (AvgIpc) is 3.40. The Kier molecular flexibility index (Phi) is 6.81. The number of nitrogens with one attached hydrogen (secondary N) is 4. The second-order valence-electron chi connectivity index (χ2n) is 9.92. The summed E-state index contributed by atoms with van der Waals surface area (Å²) in [6.07, 6.45) is 10.1. The maximum atomic E-state index is 12.0. The molecule has 2 aliphatic rings. The van der Waals surface area contributed by atoms with Crippen LogP contribution in [0.4, 0.5) is 22.4 Å². The summed E-state index contributed by atoms with van der Waals surface area (Å²) < 4.78 is 5.36. The lowest BCUT2D eigenvalue weighted by Gasteiger charge is -2.30. The Morgan fingerprint density at radius 1 is 1.06 bits per heavy atom. The molecule has 4 N–H and O–H groups in total. The van der Waals surface area contributed by atoms with Gasteiger partial charge < -0.3 is 20.7 Å². The van der Waals surface area contributed by atoms with Crippen LogP contribution in [0.2, 0.25) is 0 Å². The number of aromatic nitrogens is 4. The lowest BCUT2D eigenvalue weighted by atomic mass is 9.91. The molecule has 0 saturated heterocycles. The first kappa shape index (κ1) is 22.4. The number of ether oxygens (including phenoxy) is 1. The summed E-state index contributed by atoms with van der Waals surface area (Å²) in [7, 11) is 0. The van der Waals surface area contributed by atoms with Crippen LogP contribution in [-0.2, 0) is 4.74 Å². The Hall–Kier alpha value is -2.84. The molecular formula is C23H35N7O2. The van der Waals surface area contributed by atoms with Gasteiger partial charge in [0.05, 0.1) is 0 Å². The largest absolute Gasteiger partial charge is 0.444 e. The molecule has 0 radical (unpaired) electrons. The predicted molar refractivity (Wildman–Crippen MR) is 124 cm³/mol. The molecule has 2 aromatic rings. The zero-order valence-electron chi connectivity index (χ0n) is 19.3. The maximum Gasteiger partial charge on any atom is 0.407 e. The number of carbonyl (C=O) groups excluding carboxylic acids is 1. The van der Waals surface area contributed by atoms with E-state index in [1.807, 2.05) is 26.8 Å². The van der Waals surface area contributed by atoms with E-state index < -0.39 is 5.60 Å². The molecule has 4 rings (SSSR count). The first-order valence-electron chi connectivity index (χ1n) is 11.8. The minimum absolute atomic E-state index is 0.144. The third kappa shape index (κ3) is 6.34. The van der Waals surface area contributed by atoms with E-state index in [1.165, 1.54) is 31.4 Å². The van der Waals surface area contributed by atoms with E-state index in [1.54, 1.807) is 6.20 Å². The molecular weight excluding hydrogens is 406 g/mol. The summed E-state index contributed by atoms with van der Waals surface area (Å²) in [5, 5.41) is 17.3. The Bertz CT molecular complexity index is 894. The number of nitrogens with zero attached hydrogens (tertiary/aromatic N) is 3. The van der Waals surface area contributed by atoms with Gasteiger partial charge in [0, 0.05) is 36.0 Å². The van der Waals surface area contributed by atoms with Crippen LogP contribution in [0.5, 0.6) is 0 Å². The molecule has 2 fully saturated rings. The van der Waals surface area contributed by atoms with Gasteiger partial charge in [0.15, 0.2) is 5.82 Å². The minimum atomic E-state index is -0.479. The van der Waals surface area contributed by atoms with E-state index >= 15 is 0 Å². The van der Waals surface area contributed by atoms with Crippen LogP contribution in [0.25, 0.3) is 0 Å². The molecule has 174 valence electrons. The number of amides is 1. The summed E-state index contributed by atoms with van der Waals surface area (Å²) in [5.41, 5.74) is 0.724. The molecule has 2 saturated carbocycles. The Labute approximate surface area is 189 Å². The zero-order valence-corrected chi connectivity index (χ0v) is 19.3. The molecule has 0 spiro atoms. The van der Waals surface area contributed by atoms with Crippen LogP contribution >= 0.6 is 0 Å². The fourth-order valence-electron chi connectivity index (χ4n) is 4.51. The molecule has 2 heterocycles. The van der Waals surface area contributed by atoms with Crippen LogP contribution in [0, 0.1) is 0 Å². The van der Waals surface area contributed by atoms with Gasteiger partial charge in [0.25, 0.3) is 0 Å². The van der Waals surface area contributed by atoms with Crippen molar-refractivity contribution in [2.24, 2.45) is 0 Å². The standard InChI is InChI=1S/C23H35N7O2/c1-23(2,3)32-22(31)26-17-10-8-16(9-11-17)25-21-24-13-12-19(28-21)27-20-14-18(29-30-20)15-6-4-5-7-15/h12-17H,4-11H2,1-3H3,(H,26,31)(H3,24,25,27,28,29,30)/t16-,17-. The summed E-state index contributed by atoms with van der Waals surface area (Å²) in [6.45, 7) is 5.62. The van der Waals surface area contributed by atoms with Crippen LogP contribution in [0.3, 0.4) is 0 Å². The predicted octanol–water partition coefficient (Wildman–Crippen LogP) is 4.85. The molecule has 0 bridgehead atoms. The highest BCUT2D eigenvalue weighted by atomic mass is 16.6. The first-order chi connectivity index (χ1) is 15.3. The molecule has 9 nitrogen and oxygen atoms in total. The molecule has 0 aliphatic heterocycles. The number of rotatable bonds is 6. The Balaban J connectivity index is 1.25. The van der Waals surface area contributed by atoms with Gasteiger partial charge in [-0.25, -0.2) is 9.78 Å². The number of aromatic amines is 1. The van der Waals surface area contributed by atoms with Gasteiger partial charge in [0.2, 0.25) is 5.95 Å². The number of carbonyl (C=O) groups is 1. The SMILES string of the molecule is CC(C)(C)OC(=O)N[C@H]1CC[C@H](Nc2nccc(Nc3cc(C4CCCC4)[nH]n3)n2)CC1. The topological polar surface area (TPSA) is 117 Å². The normalized spacial score (nSPS) is 21.8. The number of hydrogen-bond donors (Lipinski definition) is 4. The number of hydrogen-bond acceptors (Lipinski definition) is 7. The number of anilines is 3. The fourth-order valence-corrected chi connectivity index (χ4v) is 4.51. The van der Waals surface area contributed by atoms with E-state index in [4.69, 9.17) is 4.74 Å². The number of alkyl carbamates (subject to hydrolysis) is 1. The lowest BCUT2D eigenvalue weighted by molar-refractivity contribution is 0.0492. The molecule has 2 aliphatic carbocycles. The van der Waals surface area contributed by atoms with Crippen molar-refractivity contribution < 1.29 is 9.53 Å². The molecule has 0 atom stereocenters. The third-order valence-electron chi connectivity index (χ3n) is 6.09. The molecule has 0 unspecified atom stereocenters. The van der Waals surface area contributed by atoms with Crippen molar-refractivity contribution >= 4 is 23.7 Å². The van der Waals surface area contributed by atoms with Crippen LogP contribution in [0.15, 0.2) is 18.3 Å². The molecule has 9 heteroatoms. The van der Waals surface area contributed by atoms with Gasteiger partial charge in [-0.2, -0.15) is 10.1 Å². The molecule has 1 amide bonds. The van der Waals surface area contributed by atoms with Crippen molar-refractivity contribution in [2.45, 2.75) is 95.7 Å². The van der Waals surface area contributed by atoms with Crippen molar-refractivity contribution in [3.05, 3.63) is 24.0 Å². The third-order valence-corrected chi connectivity index (χ3v) is 6.09. The van der Waals surface area contributed by atoms with Gasteiger partial charge in [-0.3, -0.25) is 5.10 Å². The van der Waals surface area contributed by atoms with Crippen LogP contribution in [-0.4, -0.2) is 43.9 Å². The maximum absolute atomic E-state index is 12.0. The van der Waals surface area contributed by atoms with E-state index in [-0.39, 0.29) is 18.2 Å². The van der Waals surface area contributed by atoms with Crippen LogP contribution in [0.1, 0.15) is 83.7 Å². The van der Waals surface area contributed by atoms with Crippen molar-refractivity contribution in [1.82, 2.24) is 25.5 Å². The Morgan fingerprint density at radius 2 is 1.78 bits per heavy atom. The highest BCUT2D eigenvalue weighted by Gasteiger charge is 2.25. The van der Waals surface area contributed by atoms with E-state index in [0.717, 1.165) is 31.5 Å². The summed E-state index contributed by atoms with van der Waals surface area (Å²) in [6, 6.07) is 4.35. The summed E-state index contributed by atoms with van der Waals surface area (Å²) in [5.74, 6) is 2.70. The van der Waals surface area contributed by atoms with E-state index in [2.05, 4.69) is 42.2 Å². The molecule has 2 aromatic heterocycles. The van der Waals surface area contributed by atoms with Crippen molar-refractivity contribution in [3.63, 3.8) is 0 Å². The van der Waals surface area contributed by atoms with Gasteiger partial charge in [-0.05, 0) is 65.4 Å². The lowest BCUT2D eigenvalue weighted by Crippen LogP contribution is -2.42. The van der Waals surface area contributed by atoms with Gasteiger partial charge in [-0.1, -0.05) is 12.8 Å². The molecule has 0 aromatic carbocycles. The van der Waals surface area contributed by atoms with Gasteiger partial charge in [0.1, 0.15) is 11.4 Å². The van der Waals surface area contributed by atoms with Crippen LogP contribution < -0.4 is 16.0 Å². The molecule has 32 heavy (non-hydrogen) atoms. The van der Waals surface area contributed by atoms with Crippen molar-refractivity contribution in [2.75, 3.05) is 10.6 Å². The smallest absolute Gasteiger partial charge is 0.407 e. The average molecular weight is 442 g/mol. The van der Waals surface area contributed by atoms with E-state index in [9.17, 15) is 4.79 Å². The van der Waals surface area contributed by atoms with Crippen molar-refractivity contribution in [3.8, 4) is 0 Å². The second kappa shape index (κ2) is 9.75. The second-order valence-corrected chi connectivity index (χ2v) is 9.92. The van der Waals surface area contributed by atoms with Gasteiger partial charge >= 0.3 is 6.09 Å². The highest BCUT2D eigenvalue weighted by molar-refractivity contribution is 5.68. The van der Waals surface area contributed by atoms with E-state index in [0.29, 0.717) is 17.7 Å². The summed E-state index contributed by atoms with van der Waals surface area (Å²) in [4.78, 5) is 21.0.